The van der Waals surface area contributed by atoms with Crippen LogP contribution in [0.4, 0.5) is 5.69 Å². The van der Waals surface area contributed by atoms with Gasteiger partial charge in [-0.25, -0.2) is 13.1 Å². The molecule has 0 aliphatic heterocycles. The van der Waals surface area contributed by atoms with Gasteiger partial charge in [0.25, 0.3) is 0 Å². The van der Waals surface area contributed by atoms with Gasteiger partial charge in [0.05, 0.1) is 10.6 Å². The molecule has 0 unspecified atom stereocenters. The summed E-state index contributed by atoms with van der Waals surface area (Å²) < 4.78 is 29.1. The predicted octanol–water partition coefficient (Wildman–Crippen LogP) is 2.68. The number of aryl methyl sites for hydroxylation is 1. The van der Waals surface area contributed by atoms with Crippen LogP contribution in [0.5, 0.6) is 0 Å². The molecule has 11 heteroatoms. The minimum absolute atomic E-state index is 0.136. The summed E-state index contributed by atoms with van der Waals surface area (Å²) in [5, 5.41) is 16.2. The van der Waals surface area contributed by atoms with Crippen LogP contribution in [0.25, 0.3) is 5.65 Å². The highest BCUT2D eigenvalue weighted by Crippen LogP contribution is 2.17. The van der Waals surface area contributed by atoms with E-state index in [0.717, 1.165) is 11.3 Å². The molecule has 2 N–H and O–H groups in total. The first-order valence-electron chi connectivity index (χ1n) is 10.2. The molecule has 0 fully saturated rings. The van der Waals surface area contributed by atoms with Crippen molar-refractivity contribution >= 4 is 39.0 Å². The summed E-state index contributed by atoms with van der Waals surface area (Å²) in [5.74, 6) is 0.580. The largest absolute Gasteiger partial charge is 0.325 e. The van der Waals surface area contributed by atoms with Gasteiger partial charge in [0, 0.05) is 18.7 Å². The highest BCUT2D eigenvalue weighted by molar-refractivity contribution is 7.99. The zero-order valence-electron chi connectivity index (χ0n) is 17.8. The average Bonchev–Trinajstić information content (AvgIpc) is 3.21. The smallest absolute Gasteiger partial charge is 0.240 e. The number of para-hydroxylation sites is 1. The SMILES string of the molecule is Cc1ccc(S(=O)(=O)NCCc2nnc3ccc(SCC(=O)Nc4ccccc4)nn23)cc1. The van der Waals surface area contributed by atoms with Crippen LogP contribution in [0, 0.1) is 6.92 Å². The number of aromatic nitrogens is 4. The summed E-state index contributed by atoms with van der Waals surface area (Å²) in [6.07, 6.45) is 0.307. The molecule has 1 amide bonds. The first-order chi connectivity index (χ1) is 15.9. The Morgan fingerprint density at radius 2 is 1.76 bits per heavy atom. The molecule has 33 heavy (non-hydrogen) atoms. The van der Waals surface area contributed by atoms with Gasteiger partial charge < -0.3 is 5.32 Å². The van der Waals surface area contributed by atoms with Gasteiger partial charge in [-0.3, -0.25) is 4.79 Å². The van der Waals surface area contributed by atoms with Gasteiger partial charge in [-0.05, 0) is 43.3 Å². The Balaban J connectivity index is 1.36. The molecule has 0 aliphatic rings. The molecule has 0 saturated carbocycles. The molecular formula is C22H22N6O3S2. The molecular weight excluding hydrogens is 460 g/mol. The van der Waals surface area contributed by atoms with Crippen molar-refractivity contribution in [3.8, 4) is 0 Å². The van der Waals surface area contributed by atoms with Gasteiger partial charge in [-0.15, -0.1) is 10.2 Å². The number of hydrogen-bond acceptors (Lipinski definition) is 7. The van der Waals surface area contributed by atoms with Crippen molar-refractivity contribution in [2.75, 3.05) is 17.6 Å². The van der Waals surface area contributed by atoms with Crippen molar-refractivity contribution in [3.05, 3.63) is 78.1 Å². The van der Waals surface area contributed by atoms with Crippen molar-refractivity contribution in [3.63, 3.8) is 0 Å². The summed E-state index contributed by atoms with van der Waals surface area (Å²) in [6, 6.07) is 19.4. The van der Waals surface area contributed by atoms with Gasteiger partial charge >= 0.3 is 0 Å². The van der Waals surface area contributed by atoms with Crippen molar-refractivity contribution in [2.24, 2.45) is 0 Å². The van der Waals surface area contributed by atoms with Gasteiger partial charge in [-0.2, -0.15) is 9.61 Å². The number of rotatable bonds is 9. The maximum Gasteiger partial charge on any atom is 0.240 e. The van der Waals surface area contributed by atoms with Gasteiger partial charge in [0.15, 0.2) is 11.5 Å². The number of thioether (sulfide) groups is 1. The molecule has 4 rings (SSSR count). The van der Waals surface area contributed by atoms with Crippen LogP contribution in [0.1, 0.15) is 11.4 Å². The molecule has 0 spiro atoms. The summed E-state index contributed by atoms with van der Waals surface area (Å²) in [6.45, 7) is 2.05. The van der Waals surface area contributed by atoms with Crippen LogP contribution in [0.2, 0.25) is 0 Å². The molecule has 170 valence electrons. The van der Waals surface area contributed by atoms with Crippen LogP contribution in [0.15, 0.2) is 76.7 Å². The Hall–Kier alpha value is -3.28. The second kappa shape index (κ2) is 10.1. The number of sulfonamides is 1. The molecule has 0 radical (unpaired) electrons. The van der Waals surface area contributed by atoms with Gasteiger partial charge in [-0.1, -0.05) is 47.7 Å². The fourth-order valence-corrected chi connectivity index (χ4v) is 4.69. The van der Waals surface area contributed by atoms with E-state index in [9.17, 15) is 13.2 Å². The third-order valence-electron chi connectivity index (χ3n) is 4.68. The van der Waals surface area contributed by atoms with Crippen molar-refractivity contribution < 1.29 is 13.2 Å². The first-order valence-corrected chi connectivity index (χ1v) is 12.6. The fourth-order valence-electron chi connectivity index (χ4n) is 3.01. The number of amides is 1. The Labute approximate surface area is 195 Å². The quantitative estimate of drug-likeness (QED) is 0.352. The van der Waals surface area contributed by atoms with E-state index in [2.05, 4.69) is 25.3 Å². The van der Waals surface area contributed by atoms with Crippen LogP contribution in [0.3, 0.4) is 0 Å². The number of benzene rings is 2. The second-order valence-corrected chi connectivity index (χ2v) is 9.98. The van der Waals surface area contributed by atoms with Crippen molar-refractivity contribution in [1.82, 2.24) is 24.5 Å². The van der Waals surface area contributed by atoms with E-state index < -0.39 is 10.0 Å². The fraction of sp³-hybridized carbons (Fsp3) is 0.182. The van der Waals surface area contributed by atoms with Gasteiger partial charge in [0.2, 0.25) is 15.9 Å². The third-order valence-corrected chi connectivity index (χ3v) is 7.08. The minimum atomic E-state index is -3.61. The molecule has 9 nitrogen and oxygen atoms in total. The minimum Gasteiger partial charge on any atom is -0.325 e. The number of fused-ring (bicyclic) bond motifs is 1. The molecule has 0 aliphatic carbocycles. The van der Waals surface area contributed by atoms with Crippen LogP contribution in [-0.4, -0.2) is 46.4 Å². The summed E-state index contributed by atoms with van der Waals surface area (Å²) in [5.41, 5.74) is 2.27. The molecule has 4 aromatic rings. The molecule has 2 aromatic heterocycles. The van der Waals surface area contributed by atoms with E-state index in [1.807, 2.05) is 37.3 Å². The number of carbonyl (C=O) groups is 1. The first kappa shape index (κ1) is 22.9. The second-order valence-electron chi connectivity index (χ2n) is 7.22. The standard InChI is InChI=1S/C22H22N6O3S2/c1-16-7-9-18(10-8-16)33(30,31)23-14-13-20-26-25-19-11-12-22(27-28(19)20)32-15-21(29)24-17-5-3-2-4-6-17/h2-12,23H,13-15H2,1H3,(H,24,29). The molecule has 0 bridgehead atoms. The normalized spacial score (nSPS) is 11.5. The maximum absolute atomic E-state index is 12.5. The highest BCUT2D eigenvalue weighted by Gasteiger charge is 2.15. The lowest BCUT2D eigenvalue weighted by molar-refractivity contribution is -0.113. The maximum atomic E-state index is 12.5. The molecule has 0 atom stereocenters. The number of nitrogens with one attached hydrogen (secondary N) is 2. The number of anilines is 1. The van der Waals surface area contributed by atoms with E-state index in [4.69, 9.17) is 0 Å². The average molecular weight is 483 g/mol. The van der Waals surface area contributed by atoms with E-state index in [1.165, 1.54) is 11.8 Å². The lowest BCUT2D eigenvalue weighted by atomic mass is 10.2. The van der Waals surface area contributed by atoms with E-state index in [1.54, 1.807) is 40.9 Å². The zero-order chi connectivity index (χ0) is 23.3. The Kier molecular flexibility index (Phi) is 7.02. The van der Waals surface area contributed by atoms with Gasteiger partial charge in [0.1, 0.15) is 5.03 Å². The monoisotopic (exact) mass is 482 g/mol. The molecule has 0 saturated heterocycles. The van der Waals surface area contributed by atoms with Crippen molar-refractivity contribution in [1.29, 1.82) is 0 Å². The Morgan fingerprint density at radius 1 is 1.00 bits per heavy atom. The highest BCUT2D eigenvalue weighted by atomic mass is 32.2. The number of nitrogens with zero attached hydrogens (tertiary/aromatic N) is 4. The van der Waals surface area contributed by atoms with Crippen molar-refractivity contribution in [2.45, 2.75) is 23.3 Å². The number of carbonyl (C=O) groups excluding carboxylic acids is 1. The third kappa shape index (κ3) is 5.95. The predicted molar refractivity (Wildman–Crippen MR) is 127 cm³/mol. The van der Waals surface area contributed by atoms with E-state index >= 15 is 0 Å². The molecule has 2 heterocycles. The number of hydrogen-bond donors (Lipinski definition) is 2. The van der Waals surface area contributed by atoms with Crippen LogP contribution < -0.4 is 10.0 Å². The lowest BCUT2D eigenvalue weighted by Crippen LogP contribution is -2.26. The van der Waals surface area contributed by atoms with Crippen LogP contribution in [-0.2, 0) is 21.2 Å². The van der Waals surface area contributed by atoms with E-state index in [-0.39, 0.29) is 23.1 Å². The summed E-state index contributed by atoms with van der Waals surface area (Å²) in [7, 11) is -3.61. The zero-order valence-corrected chi connectivity index (χ0v) is 19.4. The summed E-state index contributed by atoms with van der Waals surface area (Å²) in [4.78, 5) is 12.4. The Morgan fingerprint density at radius 3 is 2.52 bits per heavy atom. The van der Waals surface area contributed by atoms with Crippen LogP contribution >= 0.6 is 11.8 Å². The molecule has 2 aromatic carbocycles. The topological polar surface area (TPSA) is 118 Å². The Bertz CT molecular complexity index is 1360. The van der Waals surface area contributed by atoms with E-state index in [0.29, 0.717) is 22.9 Å². The lowest BCUT2D eigenvalue weighted by Gasteiger charge is -2.07. The summed E-state index contributed by atoms with van der Waals surface area (Å²) >= 11 is 1.29.